The maximum Gasteiger partial charge on any atom is 0.274 e. The summed E-state index contributed by atoms with van der Waals surface area (Å²) in [4.78, 5) is 23.6. The number of nitro groups is 1. The van der Waals surface area contributed by atoms with Crippen LogP contribution >= 0.6 is 0 Å². The molecule has 0 radical (unpaired) electrons. The van der Waals surface area contributed by atoms with Crippen molar-refractivity contribution in [1.29, 1.82) is 5.41 Å². The molecule has 0 saturated carbocycles. The van der Waals surface area contributed by atoms with Crippen LogP contribution in [0.2, 0.25) is 0 Å². The Hall–Kier alpha value is -3.88. The number of likely N-dealkylation sites (N-methyl/N-ethyl adjacent to an activating group) is 1. The number of carbonyl (C=O) groups is 1. The van der Waals surface area contributed by atoms with E-state index in [4.69, 9.17) is 14.9 Å². The fraction of sp³-hybridized carbons (Fsp3) is 0.158. The van der Waals surface area contributed by atoms with E-state index < -0.39 is 4.92 Å². The lowest BCUT2D eigenvalue weighted by atomic mass is 10.1. The van der Waals surface area contributed by atoms with Gasteiger partial charge in [0.15, 0.2) is 11.5 Å². The molecule has 2 aromatic rings. The van der Waals surface area contributed by atoms with Crippen LogP contribution in [-0.4, -0.2) is 35.8 Å². The molecule has 28 heavy (non-hydrogen) atoms. The molecule has 0 unspecified atom stereocenters. The average molecular weight is 382 g/mol. The Morgan fingerprint density at radius 1 is 1.21 bits per heavy atom. The summed E-state index contributed by atoms with van der Waals surface area (Å²) in [6.45, 7) is 0.219. The van der Waals surface area contributed by atoms with Crippen LogP contribution in [0, 0.1) is 15.5 Å². The molecule has 2 N–H and O–H groups in total. The van der Waals surface area contributed by atoms with E-state index in [0.717, 1.165) is 5.56 Å². The Bertz CT molecular complexity index is 969. The number of nitro benzene ring substituents is 1. The van der Waals surface area contributed by atoms with E-state index in [1.165, 1.54) is 24.1 Å². The maximum absolute atomic E-state index is 11.9. The smallest absolute Gasteiger partial charge is 0.274 e. The lowest BCUT2D eigenvalue weighted by Crippen LogP contribution is -2.25. The molecule has 1 amide bonds. The van der Waals surface area contributed by atoms with Gasteiger partial charge in [0, 0.05) is 19.2 Å². The van der Waals surface area contributed by atoms with Gasteiger partial charge in [-0.1, -0.05) is 6.07 Å². The van der Waals surface area contributed by atoms with Crippen LogP contribution in [0.1, 0.15) is 11.1 Å². The minimum atomic E-state index is -0.454. The van der Waals surface area contributed by atoms with Crippen molar-refractivity contribution in [3.8, 4) is 11.5 Å². The van der Waals surface area contributed by atoms with E-state index in [9.17, 15) is 14.9 Å². The van der Waals surface area contributed by atoms with Crippen LogP contribution < -0.4 is 14.8 Å². The molecule has 0 aromatic heterocycles. The van der Waals surface area contributed by atoms with Gasteiger partial charge in [-0.3, -0.25) is 25.6 Å². The van der Waals surface area contributed by atoms with Crippen LogP contribution in [0.15, 0.2) is 48.2 Å². The third kappa shape index (κ3) is 3.93. The van der Waals surface area contributed by atoms with Crippen LogP contribution in [0.5, 0.6) is 11.5 Å². The molecule has 1 heterocycles. The SMILES string of the molecule is COc1cc(/C=C2/C(=O)NC(=N)N2C)ccc1OCc1ccc([N+](=O)[O-])cc1. The second-order valence-electron chi connectivity index (χ2n) is 6.01. The quantitative estimate of drug-likeness (QED) is 0.450. The highest BCUT2D eigenvalue weighted by Crippen LogP contribution is 2.30. The predicted molar refractivity (Wildman–Crippen MR) is 102 cm³/mol. The summed E-state index contributed by atoms with van der Waals surface area (Å²) in [5.74, 6) is 0.656. The van der Waals surface area contributed by atoms with Crippen LogP contribution in [0.25, 0.3) is 6.08 Å². The molecule has 0 aliphatic carbocycles. The Kier molecular flexibility index (Phi) is 5.25. The van der Waals surface area contributed by atoms with Gasteiger partial charge < -0.3 is 14.4 Å². The van der Waals surface area contributed by atoms with E-state index in [1.807, 2.05) is 0 Å². The van der Waals surface area contributed by atoms with Crippen molar-refractivity contribution in [2.24, 2.45) is 0 Å². The zero-order chi connectivity index (χ0) is 20.3. The van der Waals surface area contributed by atoms with Crippen LogP contribution in [0.4, 0.5) is 5.69 Å². The summed E-state index contributed by atoms with van der Waals surface area (Å²) < 4.78 is 11.1. The predicted octanol–water partition coefficient (Wildman–Crippen LogP) is 2.52. The lowest BCUT2D eigenvalue weighted by molar-refractivity contribution is -0.384. The van der Waals surface area contributed by atoms with Gasteiger partial charge in [-0.05, 0) is 41.5 Å². The number of ether oxygens (including phenoxy) is 2. The Morgan fingerprint density at radius 3 is 2.50 bits per heavy atom. The topological polar surface area (TPSA) is 118 Å². The fourth-order valence-corrected chi connectivity index (χ4v) is 2.62. The fourth-order valence-electron chi connectivity index (χ4n) is 2.62. The molecule has 0 bridgehead atoms. The molecule has 1 aliphatic rings. The molecule has 1 fully saturated rings. The Morgan fingerprint density at radius 2 is 1.93 bits per heavy atom. The minimum absolute atomic E-state index is 0.0197. The number of benzene rings is 2. The molecule has 9 heteroatoms. The number of carbonyl (C=O) groups excluding carboxylic acids is 1. The summed E-state index contributed by atoms with van der Waals surface area (Å²) in [5, 5.41) is 20.8. The standard InChI is InChI=1S/C19H18N4O5/c1-22-15(18(24)21-19(22)20)9-13-5-8-16(17(10-13)27-2)28-11-12-3-6-14(7-4-12)23(25)26/h3-10H,11H2,1-2H3,(H2,20,21,24)/b15-9-. The van der Waals surface area contributed by atoms with E-state index in [-0.39, 0.29) is 24.2 Å². The molecule has 3 rings (SSSR count). The third-order valence-corrected chi connectivity index (χ3v) is 4.19. The minimum Gasteiger partial charge on any atom is -0.493 e. The molecule has 2 aromatic carbocycles. The van der Waals surface area contributed by atoms with Gasteiger partial charge in [-0.15, -0.1) is 0 Å². The number of nitrogens with one attached hydrogen (secondary N) is 2. The Labute approximate surface area is 160 Å². The monoisotopic (exact) mass is 382 g/mol. The molecule has 0 spiro atoms. The second-order valence-corrected chi connectivity index (χ2v) is 6.01. The van der Waals surface area contributed by atoms with Gasteiger partial charge in [0.05, 0.1) is 12.0 Å². The second kappa shape index (κ2) is 7.78. The molecule has 1 aliphatic heterocycles. The molecule has 0 atom stereocenters. The van der Waals surface area contributed by atoms with E-state index in [0.29, 0.717) is 22.8 Å². The highest BCUT2D eigenvalue weighted by Gasteiger charge is 2.26. The highest BCUT2D eigenvalue weighted by molar-refractivity contribution is 6.14. The number of guanidine groups is 1. The first-order valence-corrected chi connectivity index (χ1v) is 8.28. The van der Waals surface area contributed by atoms with E-state index >= 15 is 0 Å². The van der Waals surface area contributed by atoms with Crippen molar-refractivity contribution in [1.82, 2.24) is 10.2 Å². The molecule has 144 valence electrons. The summed E-state index contributed by atoms with van der Waals surface area (Å²) in [6.07, 6.45) is 1.65. The van der Waals surface area contributed by atoms with Crippen LogP contribution in [-0.2, 0) is 11.4 Å². The number of rotatable bonds is 6. The number of methoxy groups -OCH3 is 1. The molecular weight excluding hydrogens is 364 g/mol. The van der Waals surface area contributed by atoms with Gasteiger partial charge >= 0.3 is 0 Å². The molecule has 9 nitrogen and oxygen atoms in total. The first-order valence-electron chi connectivity index (χ1n) is 8.28. The van der Waals surface area contributed by atoms with Crippen molar-refractivity contribution in [3.63, 3.8) is 0 Å². The van der Waals surface area contributed by atoms with Crippen molar-refractivity contribution in [2.45, 2.75) is 6.61 Å². The number of nitrogens with zero attached hydrogens (tertiary/aromatic N) is 2. The third-order valence-electron chi connectivity index (χ3n) is 4.19. The van der Waals surface area contributed by atoms with E-state index in [2.05, 4.69) is 5.32 Å². The lowest BCUT2D eigenvalue weighted by Gasteiger charge is -2.12. The molecular formula is C19H18N4O5. The van der Waals surface area contributed by atoms with Crippen molar-refractivity contribution < 1.29 is 19.2 Å². The zero-order valence-corrected chi connectivity index (χ0v) is 15.3. The normalized spacial score (nSPS) is 14.9. The first kappa shape index (κ1) is 18.9. The van der Waals surface area contributed by atoms with Gasteiger partial charge in [0.1, 0.15) is 12.3 Å². The summed E-state index contributed by atoms with van der Waals surface area (Å²) in [6, 6.07) is 11.3. The number of non-ortho nitro benzene ring substituents is 1. The van der Waals surface area contributed by atoms with Gasteiger partial charge in [-0.25, -0.2) is 0 Å². The average Bonchev–Trinajstić information content (AvgIpc) is 2.93. The highest BCUT2D eigenvalue weighted by atomic mass is 16.6. The van der Waals surface area contributed by atoms with Crippen molar-refractivity contribution >= 4 is 23.6 Å². The van der Waals surface area contributed by atoms with E-state index in [1.54, 1.807) is 43.5 Å². The summed E-state index contributed by atoms with van der Waals surface area (Å²) >= 11 is 0. The first-order chi connectivity index (χ1) is 13.4. The summed E-state index contributed by atoms with van der Waals surface area (Å²) in [7, 11) is 3.14. The maximum atomic E-state index is 11.9. The van der Waals surface area contributed by atoms with Crippen molar-refractivity contribution in [2.75, 3.05) is 14.2 Å². The largest absolute Gasteiger partial charge is 0.493 e. The summed E-state index contributed by atoms with van der Waals surface area (Å²) in [5.41, 5.74) is 1.87. The van der Waals surface area contributed by atoms with Gasteiger partial charge in [0.25, 0.3) is 11.6 Å². The zero-order valence-electron chi connectivity index (χ0n) is 15.3. The molecule has 1 saturated heterocycles. The Balaban J connectivity index is 1.75. The number of hydrogen-bond acceptors (Lipinski definition) is 6. The van der Waals surface area contributed by atoms with Gasteiger partial charge in [0.2, 0.25) is 5.96 Å². The van der Waals surface area contributed by atoms with Gasteiger partial charge in [-0.2, -0.15) is 0 Å². The van der Waals surface area contributed by atoms with Crippen molar-refractivity contribution in [3.05, 3.63) is 69.4 Å². The number of amides is 1. The van der Waals surface area contributed by atoms with Crippen LogP contribution in [0.3, 0.4) is 0 Å². The number of hydrogen-bond donors (Lipinski definition) is 2.